The largest absolute Gasteiger partial charge is 0.440 e. The summed E-state index contributed by atoms with van der Waals surface area (Å²) in [4.78, 5) is 5.05. The molecule has 25 heavy (non-hydrogen) atoms. The van der Waals surface area contributed by atoms with Gasteiger partial charge in [0.2, 0.25) is 0 Å². The van der Waals surface area contributed by atoms with Gasteiger partial charge in [-0.05, 0) is 56.0 Å². The molecule has 3 aromatic rings. The Morgan fingerprint density at radius 3 is 2.76 bits per heavy atom. The van der Waals surface area contributed by atoms with Crippen molar-refractivity contribution in [1.82, 2.24) is 4.98 Å². The van der Waals surface area contributed by atoms with Crippen LogP contribution in [0.2, 0.25) is 0 Å². The van der Waals surface area contributed by atoms with Gasteiger partial charge in [0.1, 0.15) is 4.21 Å². The molecule has 0 saturated heterocycles. The van der Waals surface area contributed by atoms with Gasteiger partial charge in [0, 0.05) is 5.92 Å². The Hall–Kier alpha value is -2.12. The molecule has 1 saturated carbocycles. The first kappa shape index (κ1) is 16.4. The molecule has 0 radical (unpaired) electrons. The number of thiophene rings is 1. The molecular formula is C18H18N2O3S2. The average Bonchev–Trinajstić information content (AvgIpc) is 3.10. The summed E-state index contributed by atoms with van der Waals surface area (Å²) in [5.41, 5.74) is 2.57. The monoisotopic (exact) mass is 374 g/mol. The van der Waals surface area contributed by atoms with E-state index >= 15 is 0 Å². The second-order valence-corrected chi connectivity index (χ2v) is 9.30. The van der Waals surface area contributed by atoms with Crippen LogP contribution in [-0.2, 0) is 10.0 Å². The highest BCUT2D eigenvalue weighted by Gasteiger charge is 2.29. The van der Waals surface area contributed by atoms with Crippen LogP contribution >= 0.6 is 11.3 Å². The maximum Gasteiger partial charge on any atom is 0.271 e. The number of anilines is 1. The van der Waals surface area contributed by atoms with Gasteiger partial charge in [-0.2, -0.15) is 0 Å². The maximum absolute atomic E-state index is 12.7. The third-order valence-electron chi connectivity index (χ3n) is 4.39. The van der Waals surface area contributed by atoms with Crippen molar-refractivity contribution in [3.8, 4) is 10.6 Å². The number of nitrogens with one attached hydrogen (secondary N) is 1. The zero-order valence-electron chi connectivity index (χ0n) is 13.9. The van der Waals surface area contributed by atoms with Gasteiger partial charge in [0.05, 0.1) is 16.8 Å². The van der Waals surface area contributed by atoms with Crippen molar-refractivity contribution in [2.24, 2.45) is 0 Å². The Balaban J connectivity index is 1.60. The summed E-state index contributed by atoms with van der Waals surface area (Å²) >= 11 is 1.18. The SMILES string of the molecule is Cc1cccc(NS(=O)(=O)c2ccc(-c3cnc(C4CC4)o3)s2)c1C. The molecule has 1 fully saturated rings. The highest BCUT2D eigenvalue weighted by molar-refractivity contribution is 7.94. The Kier molecular flexibility index (Phi) is 3.92. The van der Waals surface area contributed by atoms with Crippen LogP contribution in [0.15, 0.2) is 45.2 Å². The summed E-state index contributed by atoms with van der Waals surface area (Å²) in [6.07, 6.45) is 3.90. The van der Waals surface area contributed by atoms with Gasteiger partial charge < -0.3 is 4.42 Å². The summed E-state index contributed by atoms with van der Waals surface area (Å²) in [6, 6.07) is 8.94. The van der Waals surface area contributed by atoms with Crippen molar-refractivity contribution >= 4 is 27.0 Å². The molecule has 7 heteroatoms. The van der Waals surface area contributed by atoms with Crippen LogP contribution in [0.4, 0.5) is 5.69 Å². The lowest BCUT2D eigenvalue weighted by molar-refractivity contribution is 0.510. The molecule has 0 atom stereocenters. The van der Waals surface area contributed by atoms with Gasteiger partial charge >= 0.3 is 0 Å². The molecule has 1 N–H and O–H groups in total. The molecule has 0 unspecified atom stereocenters. The molecule has 1 aromatic carbocycles. The number of nitrogens with zero attached hydrogens (tertiary/aromatic N) is 1. The summed E-state index contributed by atoms with van der Waals surface area (Å²) in [7, 11) is -3.63. The van der Waals surface area contributed by atoms with E-state index in [4.69, 9.17) is 4.42 Å². The summed E-state index contributed by atoms with van der Waals surface area (Å²) in [5, 5.41) is 0. The van der Waals surface area contributed by atoms with Gasteiger partial charge in [-0.1, -0.05) is 12.1 Å². The number of aryl methyl sites for hydroxylation is 1. The molecular weight excluding hydrogens is 356 g/mol. The van der Waals surface area contributed by atoms with E-state index in [2.05, 4.69) is 9.71 Å². The van der Waals surface area contributed by atoms with E-state index < -0.39 is 10.0 Å². The Morgan fingerprint density at radius 1 is 1.20 bits per heavy atom. The van der Waals surface area contributed by atoms with Gasteiger partial charge in [0.25, 0.3) is 10.0 Å². The number of hydrogen-bond donors (Lipinski definition) is 1. The highest BCUT2D eigenvalue weighted by atomic mass is 32.2. The van der Waals surface area contributed by atoms with Crippen molar-refractivity contribution in [1.29, 1.82) is 0 Å². The molecule has 0 bridgehead atoms. The molecule has 1 aliphatic rings. The minimum atomic E-state index is -3.63. The third kappa shape index (κ3) is 3.21. The molecule has 130 valence electrons. The average molecular weight is 374 g/mol. The van der Waals surface area contributed by atoms with Gasteiger partial charge in [-0.15, -0.1) is 11.3 Å². The first-order valence-electron chi connectivity index (χ1n) is 8.09. The number of aromatic nitrogens is 1. The van der Waals surface area contributed by atoms with Crippen molar-refractivity contribution < 1.29 is 12.8 Å². The van der Waals surface area contributed by atoms with Crippen LogP contribution in [0, 0.1) is 13.8 Å². The molecule has 0 spiro atoms. The minimum absolute atomic E-state index is 0.257. The van der Waals surface area contributed by atoms with E-state index in [0.29, 0.717) is 17.4 Å². The van der Waals surface area contributed by atoms with Crippen molar-refractivity contribution in [2.45, 2.75) is 36.8 Å². The molecule has 5 nitrogen and oxygen atoms in total. The Bertz CT molecular complexity index is 1030. The van der Waals surface area contributed by atoms with E-state index in [1.165, 1.54) is 11.3 Å². The van der Waals surface area contributed by atoms with Gasteiger partial charge in [-0.3, -0.25) is 4.72 Å². The predicted molar refractivity (Wildman–Crippen MR) is 98.5 cm³/mol. The topological polar surface area (TPSA) is 72.2 Å². The zero-order valence-corrected chi connectivity index (χ0v) is 15.6. The summed E-state index contributed by atoms with van der Waals surface area (Å²) in [6.45, 7) is 3.86. The predicted octanol–water partition coefficient (Wildman–Crippen LogP) is 4.70. The molecule has 0 aliphatic heterocycles. The van der Waals surface area contributed by atoms with Crippen molar-refractivity contribution in [2.75, 3.05) is 4.72 Å². The van der Waals surface area contributed by atoms with Crippen molar-refractivity contribution in [3.63, 3.8) is 0 Å². The first-order chi connectivity index (χ1) is 11.9. The van der Waals surface area contributed by atoms with Gasteiger partial charge in [-0.25, -0.2) is 13.4 Å². The van der Waals surface area contributed by atoms with E-state index in [1.54, 1.807) is 24.4 Å². The lowest BCUT2D eigenvalue weighted by Crippen LogP contribution is -2.12. The highest BCUT2D eigenvalue weighted by Crippen LogP contribution is 2.41. The van der Waals surface area contributed by atoms with E-state index in [1.807, 2.05) is 26.0 Å². The smallest absolute Gasteiger partial charge is 0.271 e. The van der Waals surface area contributed by atoms with Crippen LogP contribution < -0.4 is 4.72 Å². The minimum Gasteiger partial charge on any atom is -0.440 e. The summed E-state index contributed by atoms with van der Waals surface area (Å²) in [5.74, 6) is 1.81. The Morgan fingerprint density at radius 2 is 2.00 bits per heavy atom. The van der Waals surface area contributed by atoms with Crippen LogP contribution in [0.1, 0.15) is 35.8 Å². The van der Waals surface area contributed by atoms with Crippen molar-refractivity contribution in [3.05, 3.63) is 53.5 Å². The standard InChI is InChI=1S/C18H18N2O3S2/c1-11-4-3-5-14(12(11)2)20-25(21,22)17-9-8-16(24-17)15-10-19-18(23-15)13-6-7-13/h3-5,8-10,13,20H,6-7H2,1-2H3. The Labute approximate surface area is 150 Å². The zero-order chi connectivity index (χ0) is 17.6. The fraction of sp³-hybridized carbons (Fsp3) is 0.278. The quantitative estimate of drug-likeness (QED) is 0.703. The number of oxazole rings is 1. The third-order valence-corrected chi connectivity index (χ3v) is 7.35. The number of benzene rings is 1. The van der Waals surface area contributed by atoms with E-state index in [0.717, 1.165) is 34.7 Å². The molecule has 4 rings (SSSR count). The number of hydrogen-bond acceptors (Lipinski definition) is 5. The van der Waals surface area contributed by atoms with Crippen LogP contribution in [-0.4, -0.2) is 13.4 Å². The first-order valence-corrected chi connectivity index (χ1v) is 10.4. The molecule has 0 amide bonds. The van der Waals surface area contributed by atoms with Gasteiger partial charge in [0.15, 0.2) is 11.7 Å². The van der Waals surface area contributed by atoms with Crippen LogP contribution in [0.5, 0.6) is 0 Å². The second-order valence-electron chi connectivity index (χ2n) is 6.31. The van der Waals surface area contributed by atoms with E-state index in [9.17, 15) is 8.42 Å². The number of rotatable bonds is 5. The lowest BCUT2D eigenvalue weighted by atomic mass is 10.1. The van der Waals surface area contributed by atoms with E-state index in [-0.39, 0.29) is 4.21 Å². The number of sulfonamides is 1. The lowest BCUT2D eigenvalue weighted by Gasteiger charge is -2.10. The molecule has 2 heterocycles. The van der Waals surface area contributed by atoms with Crippen LogP contribution in [0.3, 0.4) is 0 Å². The fourth-order valence-electron chi connectivity index (χ4n) is 2.57. The van der Waals surface area contributed by atoms with Crippen LogP contribution in [0.25, 0.3) is 10.6 Å². The molecule has 1 aliphatic carbocycles. The normalized spacial score (nSPS) is 14.6. The fourth-order valence-corrected chi connectivity index (χ4v) is 4.95. The summed E-state index contributed by atoms with van der Waals surface area (Å²) < 4.78 is 34.1. The maximum atomic E-state index is 12.7. The second kappa shape index (κ2) is 6.00. The molecule has 2 aromatic heterocycles.